The third-order valence-electron chi connectivity index (χ3n) is 3.32. The van der Waals surface area contributed by atoms with Crippen molar-refractivity contribution < 1.29 is 8.78 Å². The lowest BCUT2D eigenvalue weighted by atomic mass is 10.0. The molecule has 1 nitrogen and oxygen atoms in total. The zero-order chi connectivity index (χ0) is 12.8. The molecule has 0 spiro atoms. The minimum atomic E-state index is -0.534. The Balaban J connectivity index is 1.99. The Morgan fingerprint density at radius 2 is 1.94 bits per heavy atom. The van der Waals surface area contributed by atoms with Gasteiger partial charge in [0, 0.05) is 17.7 Å². The quantitative estimate of drug-likeness (QED) is 0.840. The molecule has 1 fully saturated rings. The highest BCUT2D eigenvalue weighted by Crippen LogP contribution is 2.14. The van der Waals surface area contributed by atoms with Gasteiger partial charge in [-0.1, -0.05) is 31.4 Å². The maximum atomic E-state index is 13.4. The molecule has 2 rings (SSSR count). The van der Waals surface area contributed by atoms with Crippen molar-refractivity contribution in [2.45, 2.75) is 38.1 Å². The van der Waals surface area contributed by atoms with Gasteiger partial charge in [0.2, 0.25) is 0 Å². The van der Waals surface area contributed by atoms with Gasteiger partial charge in [-0.05, 0) is 31.5 Å². The van der Waals surface area contributed by atoms with E-state index >= 15 is 0 Å². The summed E-state index contributed by atoms with van der Waals surface area (Å²) >= 11 is 0. The minimum Gasteiger partial charge on any atom is -0.311 e. The average molecular weight is 251 g/mol. The van der Waals surface area contributed by atoms with Crippen molar-refractivity contribution in [1.29, 1.82) is 0 Å². The smallest absolute Gasteiger partial charge is 0.133 e. The second-order valence-corrected chi connectivity index (χ2v) is 4.79. The Kier molecular flexibility index (Phi) is 4.88. The maximum Gasteiger partial charge on any atom is 0.133 e. The summed E-state index contributed by atoms with van der Waals surface area (Å²) in [5.41, 5.74) is 0.445. The molecule has 3 heteroatoms. The predicted molar refractivity (Wildman–Crippen MR) is 70.3 cm³/mol. The van der Waals surface area contributed by atoms with Crippen molar-refractivity contribution in [3.05, 3.63) is 41.5 Å². The Bertz CT molecular complexity index is 407. The minimum absolute atomic E-state index is 0.301. The number of benzene rings is 1. The van der Waals surface area contributed by atoms with E-state index in [-0.39, 0.29) is 0 Å². The molecule has 0 aliphatic carbocycles. The number of hydrogen-bond acceptors (Lipinski definition) is 1. The highest BCUT2D eigenvalue weighted by molar-refractivity contribution is 5.50. The van der Waals surface area contributed by atoms with E-state index in [0.29, 0.717) is 11.6 Å². The lowest BCUT2D eigenvalue weighted by Gasteiger charge is -2.18. The Hall–Kier alpha value is -1.22. The summed E-state index contributed by atoms with van der Waals surface area (Å²) in [5, 5.41) is 3.44. The van der Waals surface area contributed by atoms with E-state index in [2.05, 4.69) is 5.32 Å². The average Bonchev–Trinajstić information content (AvgIpc) is 2.29. The van der Waals surface area contributed by atoms with Crippen LogP contribution in [0.25, 0.3) is 6.08 Å². The zero-order valence-corrected chi connectivity index (χ0v) is 10.5. The van der Waals surface area contributed by atoms with Crippen LogP contribution in [-0.4, -0.2) is 12.6 Å². The molecule has 1 unspecified atom stereocenters. The van der Waals surface area contributed by atoms with Gasteiger partial charge in [0.15, 0.2) is 0 Å². The second-order valence-electron chi connectivity index (χ2n) is 4.79. The molecule has 1 N–H and O–H groups in total. The third kappa shape index (κ3) is 3.91. The van der Waals surface area contributed by atoms with Crippen LogP contribution in [0.5, 0.6) is 0 Å². The maximum absolute atomic E-state index is 13.4. The molecule has 0 saturated carbocycles. The van der Waals surface area contributed by atoms with Crippen molar-refractivity contribution in [2.75, 3.05) is 6.54 Å². The van der Waals surface area contributed by atoms with E-state index in [1.165, 1.54) is 37.8 Å². The fraction of sp³-hybridized carbons (Fsp3) is 0.467. The fourth-order valence-corrected chi connectivity index (χ4v) is 2.25. The van der Waals surface area contributed by atoms with Gasteiger partial charge in [0.1, 0.15) is 11.6 Å². The van der Waals surface area contributed by atoms with E-state index in [4.69, 9.17) is 0 Å². The van der Waals surface area contributed by atoms with Crippen molar-refractivity contribution in [3.8, 4) is 0 Å². The number of nitrogens with one attached hydrogen (secondary N) is 1. The summed E-state index contributed by atoms with van der Waals surface area (Å²) in [4.78, 5) is 0. The molecule has 1 aromatic rings. The number of hydrogen-bond donors (Lipinski definition) is 1. The van der Waals surface area contributed by atoms with E-state index in [1.807, 2.05) is 6.08 Å². The Labute approximate surface area is 107 Å². The van der Waals surface area contributed by atoms with Gasteiger partial charge in [0.05, 0.1) is 0 Å². The van der Waals surface area contributed by atoms with Gasteiger partial charge in [0.25, 0.3) is 0 Å². The molecule has 0 radical (unpaired) electrons. The summed E-state index contributed by atoms with van der Waals surface area (Å²) in [6, 6.07) is 3.98. The zero-order valence-electron chi connectivity index (χ0n) is 10.5. The first-order valence-corrected chi connectivity index (χ1v) is 6.62. The Morgan fingerprint density at radius 1 is 1.11 bits per heavy atom. The predicted octanol–water partition coefficient (Wildman–Crippen LogP) is 3.90. The van der Waals surface area contributed by atoms with E-state index in [9.17, 15) is 8.78 Å². The van der Waals surface area contributed by atoms with Crippen LogP contribution < -0.4 is 5.32 Å². The highest BCUT2D eigenvalue weighted by Gasteiger charge is 2.07. The number of rotatable bonds is 2. The van der Waals surface area contributed by atoms with Crippen molar-refractivity contribution >= 4 is 6.08 Å². The van der Waals surface area contributed by atoms with Crippen LogP contribution in [0.1, 0.15) is 37.7 Å². The molecular weight excluding hydrogens is 232 g/mol. The molecule has 1 atom stereocenters. The molecule has 1 aromatic carbocycles. The number of halogens is 2. The van der Waals surface area contributed by atoms with Crippen molar-refractivity contribution in [2.24, 2.45) is 0 Å². The third-order valence-corrected chi connectivity index (χ3v) is 3.32. The molecule has 18 heavy (non-hydrogen) atoms. The van der Waals surface area contributed by atoms with Gasteiger partial charge in [-0.25, -0.2) is 8.78 Å². The largest absolute Gasteiger partial charge is 0.311 e. The monoisotopic (exact) mass is 251 g/mol. The van der Waals surface area contributed by atoms with Gasteiger partial charge < -0.3 is 5.32 Å². The summed E-state index contributed by atoms with van der Waals surface area (Å²) in [7, 11) is 0. The molecule has 1 aliphatic heterocycles. The molecule has 98 valence electrons. The fourth-order valence-electron chi connectivity index (χ4n) is 2.25. The second kappa shape index (κ2) is 6.64. The van der Waals surface area contributed by atoms with Gasteiger partial charge in [-0.3, -0.25) is 0 Å². The molecule has 0 aromatic heterocycles. The lowest BCUT2D eigenvalue weighted by molar-refractivity contribution is 0.465. The van der Waals surface area contributed by atoms with E-state index in [0.717, 1.165) is 19.0 Å². The molecule has 1 aliphatic rings. The lowest BCUT2D eigenvalue weighted by Crippen LogP contribution is -2.29. The molecule has 1 heterocycles. The standard InChI is InChI=1S/C15H19F2N/c16-13-8-6-12(15(17)11-13)7-9-14-5-3-1-2-4-10-18-14/h6-9,11,14,18H,1-5,10H2/b9-7+. The SMILES string of the molecule is Fc1ccc(/C=C/C2CCCCCCN2)c(F)c1. The van der Waals surface area contributed by atoms with Crippen molar-refractivity contribution in [1.82, 2.24) is 5.32 Å². The summed E-state index contributed by atoms with van der Waals surface area (Å²) in [6.07, 6.45) is 9.78. The van der Waals surface area contributed by atoms with Crippen LogP contribution in [0.15, 0.2) is 24.3 Å². The van der Waals surface area contributed by atoms with Crippen LogP contribution in [0.3, 0.4) is 0 Å². The van der Waals surface area contributed by atoms with E-state index < -0.39 is 11.6 Å². The highest BCUT2D eigenvalue weighted by atomic mass is 19.1. The summed E-state index contributed by atoms with van der Waals surface area (Å²) < 4.78 is 26.2. The molecule has 1 saturated heterocycles. The molecule has 0 bridgehead atoms. The molecular formula is C15H19F2N. The molecule has 0 amide bonds. The van der Waals surface area contributed by atoms with Crippen LogP contribution in [-0.2, 0) is 0 Å². The van der Waals surface area contributed by atoms with Crippen molar-refractivity contribution in [3.63, 3.8) is 0 Å². The van der Waals surface area contributed by atoms with Gasteiger partial charge in [-0.2, -0.15) is 0 Å². The van der Waals surface area contributed by atoms with Crippen LogP contribution in [0.4, 0.5) is 8.78 Å². The van der Waals surface area contributed by atoms with E-state index in [1.54, 1.807) is 6.08 Å². The van der Waals surface area contributed by atoms with Gasteiger partial charge >= 0.3 is 0 Å². The first-order valence-electron chi connectivity index (χ1n) is 6.62. The van der Waals surface area contributed by atoms with Crippen LogP contribution in [0.2, 0.25) is 0 Å². The Morgan fingerprint density at radius 3 is 2.78 bits per heavy atom. The first kappa shape index (κ1) is 13.2. The van der Waals surface area contributed by atoms with Crippen LogP contribution in [0, 0.1) is 11.6 Å². The normalized spacial score (nSPS) is 21.8. The summed E-state index contributed by atoms with van der Waals surface area (Å²) in [5.74, 6) is -1.04. The topological polar surface area (TPSA) is 12.0 Å². The summed E-state index contributed by atoms with van der Waals surface area (Å²) in [6.45, 7) is 1.01. The van der Waals surface area contributed by atoms with Crippen LogP contribution >= 0.6 is 0 Å². The van der Waals surface area contributed by atoms with Gasteiger partial charge in [-0.15, -0.1) is 0 Å². The first-order chi connectivity index (χ1) is 8.75.